The fourth-order valence-electron chi connectivity index (χ4n) is 2.04. The predicted molar refractivity (Wildman–Crippen MR) is 81.8 cm³/mol. The second kappa shape index (κ2) is 5.89. The molecule has 0 radical (unpaired) electrons. The van der Waals surface area contributed by atoms with Gasteiger partial charge >= 0.3 is 0 Å². The Bertz CT molecular complexity index is 564. The van der Waals surface area contributed by atoms with E-state index < -0.39 is 0 Å². The van der Waals surface area contributed by atoms with E-state index in [4.69, 9.17) is 5.73 Å². The normalized spacial score (nSPS) is 12.1. The fourth-order valence-corrected chi connectivity index (χ4v) is 2.90. The summed E-state index contributed by atoms with van der Waals surface area (Å²) in [6, 6.07) is 9.97. The number of benzene rings is 1. The maximum atomic E-state index is 11.3. The van der Waals surface area contributed by atoms with Crippen molar-refractivity contribution in [3.8, 4) is 0 Å². The van der Waals surface area contributed by atoms with E-state index in [1.54, 1.807) is 17.4 Å². The molecule has 1 unspecified atom stereocenters. The van der Waals surface area contributed by atoms with Crippen LogP contribution in [-0.4, -0.2) is 5.78 Å². The van der Waals surface area contributed by atoms with Crippen molar-refractivity contribution < 1.29 is 4.79 Å². The lowest BCUT2D eigenvalue weighted by Gasteiger charge is -2.17. The topological polar surface area (TPSA) is 55.1 Å². The minimum absolute atomic E-state index is 0.00523. The van der Waals surface area contributed by atoms with Crippen LogP contribution in [0.1, 0.15) is 41.5 Å². The van der Waals surface area contributed by atoms with Crippen LogP contribution in [0.3, 0.4) is 0 Å². The van der Waals surface area contributed by atoms with Gasteiger partial charge in [-0.15, -0.1) is 11.3 Å². The van der Waals surface area contributed by atoms with Gasteiger partial charge in [-0.3, -0.25) is 4.79 Å². The summed E-state index contributed by atoms with van der Waals surface area (Å²) in [5.41, 5.74) is 7.95. The zero-order valence-corrected chi connectivity index (χ0v) is 12.0. The van der Waals surface area contributed by atoms with E-state index in [0.717, 1.165) is 12.1 Å². The Labute approximate surface area is 117 Å². The highest BCUT2D eigenvalue weighted by atomic mass is 32.1. The molecular weight excluding hydrogens is 256 g/mol. The molecule has 0 amide bonds. The first-order chi connectivity index (χ1) is 9.11. The van der Waals surface area contributed by atoms with Crippen molar-refractivity contribution in [3.63, 3.8) is 0 Å². The van der Waals surface area contributed by atoms with Crippen LogP contribution in [0.5, 0.6) is 0 Å². The molecule has 4 heteroatoms. The zero-order valence-electron chi connectivity index (χ0n) is 11.1. The van der Waals surface area contributed by atoms with Gasteiger partial charge in [0.15, 0.2) is 5.78 Å². The van der Waals surface area contributed by atoms with Gasteiger partial charge in [0.25, 0.3) is 0 Å². The lowest BCUT2D eigenvalue weighted by molar-refractivity contribution is 0.101. The molecule has 1 aromatic heterocycles. The molecule has 2 aromatic rings. The highest BCUT2D eigenvalue weighted by Gasteiger charge is 2.11. The van der Waals surface area contributed by atoms with Crippen molar-refractivity contribution in [1.29, 1.82) is 0 Å². The van der Waals surface area contributed by atoms with Crippen LogP contribution in [-0.2, 0) is 0 Å². The number of hydrogen-bond donors (Lipinski definition) is 2. The van der Waals surface area contributed by atoms with Gasteiger partial charge in [0.2, 0.25) is 0 Å². The second-order valence-electron chi connectivity index (χ2n) is 4.48. The summed E-state index contributed by atoms with van der Waals surface area (Å²) in [7, 11) is 0. The Morgan fingerprint density at radius 3 is 2.74 bits per heavy atom. The van der Waals surface area contributed by atoms with Crippen LogP contribution in [0.4, 0.5) is 11.4 Å². The van der Waals surface area contributed by atoms with Crippen LogP contribution < -0.4 is 11.1 Å². The predicted octanol–water partition coefficient (Wildman–Crippen LogP) is 4.10. The molecule has 0 saturated carbocycles. The quantitative estimate of drug-likeness (QED) is 0.637. The number of nitrogens with two attached hydrogens (primary N) is 1. The van der Waals surface area contributed by atoms with Gasteiger partial charge in [0.05, 0.1) is 6.04 Å². The Hall–Kier alpha value is -1.81. The average molecular weight is 274 g/mol. The number of ketones is 1. The van der Waals surface area contributed by atoms with Gasteiger partial charge in [-0.25, -0.2) is 0 Å². The number of thiophene rings is 1. The smallest absolute Gasteiger partial charge is 0.161 e. The molecule has 1 heterocycles. The van der Waals surface area contributed by atoms with Crippen LogP contribution in [0.15, 0.2) is 35.7 Å². The number of anilines is 2. The van der Waals surface area contributed by atoms with Crippen LogP contribution >= 0.6 is 11.3 Å². The first kappa shape index (κ1) is 13.6. The number of rotatable bonds is 5. The third-order valence-electron chi connectivity index (χ3n) is 3.07. The molecule has 0 aliphatic rings. The van der Waals surface area contributed by atoms with Crippen LogP contribution in [0, 0.1) is 0 Å². The molecule has 3 N–H and O–H groups in total. The molecule has 0 aliphatic heterocycles. The van der Waals surface area contributed by atoms with Crippen molar-refractivity contribution in [2.75, 3.05) is 11.1 Å². The summed E-state index contributed by atoms with van der Waals surface area (Å²) in [6.07, 6.45) is 0.995. The number of nitrogens with one attached hydrogen (secondary N) is 1. The number of hydrogen-bond acceptors (Lipinski definition) is 4. The third kappa shape index (κ3) is 3.15. The molecule has 1 atom stereocenters. The van der Waals surface area contributed by atoms with Gasteiger partial charge < -0.3 is 11.1 Å². The third-order valence-corrected chi connectivity index (χ3v) is 4.05. The second-order valence-corrected chi connectivity index (χ2v) is 5.46. The van der Waals surface area contributed by atoms with E-state index in [9.17, 15) is 4.79 Å². The lowest BCUT2D eigenvalue weighted by Crippen LogP contribution is -2.09. The van der Waals surface area contributed by atoms with Crippen LogP contribution in [0.2, 0.25) is 0 Å². The Balaban J connectivity index is 2.19. The molecule has 100 valence electrons. The van der Waals surface area contributed by atoms with E-state index in [0.29, 0.717) is 11.3 Å². The molecule has 0 bridgehead atoms. The molecule has 0 saturated heterocycles. The van der Waals surface area contributed by atoms with Crippen molar-refractivity contribution in [2.45, 2.75) is 26.3 Å². The number of nitrogen functional groups attached to an aromatic ring is 1. The first-order valence-corrected chi connectivity index (χ1v) is 7.20. The molecule has 3 nitrogen and oxygen atoms in total. The molecular formula is C15H18N2OS. The maximum absolute atomic E-state index is 11.3. The molecule has 0 aliphatic carbocycles. The minimum atomic E-state index is -0.00523. The number of carbonyl (C=O) groups excluding carboxylic acids is 1. The summed E-state index contributed by atoms with van der Waals surface area (Å²) in [6.45, 7) is 3.67. The number of carbonyl (C=O) groups is 1. The van der Waals surface area contributed by atoms with Gasteiger partial charge in [-0.2, -0.15) is 0 Å². The Morgan fingerprint density at radius 2 is 2.21 bits per heavy atom. The van der Waals surface area contributed by atoms with Crippen molar-refractivity contribution in [3.05, 3.63) is 46.2 Å². The summed E-state index contributed by atoms with van der Waals surface area (Å²) >= 11 is 1.74. The van der Waals surface area contributed by atoms with Gasteiger partial charge in [-0.05, 0) is 43.0 Å². The SMILES string of the molecule is CCC(Nc1ccc(C(C)=O)c(N)c1)c1cccs1. The zero-order chi connectivity index (χ0) is 13.8. The highest BCUT2D eigenvalue weighted by molar-refractivity contribution is 7.10. The summed E-state index contributed by atoms with van der Waals surface area (Å²) < 4.78 is 0. The molecule has 1 aromatic carbocycles. The van der Waals surface area contributed by atoms with Crippen LogP contribution in [0.25, 0.3) is 0 Å². The van der Waals surface area contributed by atoms with Crippen molar-refractivity contribution in [2.24, 2.45) is 0 Å². The number of Topliss-reactive ketones (excluding diaryl/α,β-unsaturated/α-hetero) is 1. The molecule has 19 heavy (non-hydrogen) atoms. The maximum Gasteiger partial charge on any atom is 0.161 e. The minimum Gasteiger partial charge on any atom is -0.398 e. The molecule has 0 fully saturated rings. The summed E-state index contributed by atoms with van der Waals surface area (Å²) in [5.74, 6) is -0.00523. The van der Waals surface area contributed by atoms with E-state index in [1.807, 2.05) is 12.1 Å². The van der Waals surface area contributed by atoms with E-state index in [-0.39, 0.29) is 11.8 Å². The highest BCUT2D eigenvalue weighted by Crippen LogP contribution is 2.27. The summed E-state index contributed by atoms with van der Waals surface area (Å²) in [4.78, 5) is 12.6. The van der Waals surface area contributed by atoms with E-state index in [1.165, 1.54) is 11.8 Å². The monoisotopic (exact) mass is 274 g/mol. The Morgan fingerprint density at radius 1 is 1.42 bits per heavy atom. The average Bonchev–Trinajstić information content (AvgIpc) is 2.89. The van der Waals surface area contributed by atoms with E-state index in [2.05, 4.69) is 29.8 Å². The Kier molecular flexibility index (Phi) is 4.22. The van der Waals surface area contributed by atoms with Crippen molar-refractivity contribution >= 4 is 28.5 Å². The van der Waals surface area contributed by atoms with Crippen molar-refractivity contribution in [1.82, 2.24) is 0 Å². The standard InChI is InChI=1S/C15H18N2OS/c1-3-14(15-5-4-8-19-15)17-11-6-7-12(10(2)18)13(16)9-11/h4-9,14,17H,3,16H2,1-2H3. The van der Waals surface area contributed by atoms with Gasteiger partial charge in [-0.1, -0.05) is 13.0 Å². The molecule has 2 rings (SSSR count). The van der Waals surface area contributed by atoms with Gasteiger partial charge in [0.1, 0.15) is 0 Å². The molecule has 0 spiro atoms. The lowest BCUT2D eigenvalue weighted by atomic mass is 10.1. The first-order valence-electron chi connectivity index (χ1n) is 6.32. The fraction of sp³-hybridized carbons (Fsp3) is 0.267. The largest absolute Gasteiger partial charge is 0.398 e. The van der Waals surface area contributed by atoms with E-state index >= 15 is 0 Å². The van der Waals surface area contributed by atoms with Gasteiger partial charge in [0, 0.05) is 21.8 Å². The summed E-state index contributed by atoms with van der Waals surface area (Å²) in [5, 5.41) is 5.53.